The number of nitrogens with zero attached hydrogens (tertiary/aromatic N) is 3. The Bertz CT molecular complexity index is 1320. The first-order valence-corrected chi connectivity index (χ1v) is 10.5. The van der Waals surface area contributed by atoms with Gasteiger partial charge in [-0.15, -0.1) is 0 Å². The fourth-order valence-corrected chi connectivity index (χ4v) is 4.12. The van der Waals surface area contributed by atoms with Crippen LogP contribution in [0.3, 0.4) is 0 Å². The summed E-state index contributed by atoms with van der Waals surface area (Å²) in [5.41, 5.74) is 3.84. The van der Waals surface area contributed by atoms with Crippen LogP contribution in [0.1, 0.15) is 27.2 Å². The lowest BCUT2D eigenvalue weighted by Crippen LogP contribution is -2.37. The van der Waals surface area contributed by atoms with Crippen LogP contribution in [0.25, 0.3) is 5.69 Å². The highest BCUT2D eigenvalue weighted by atomic mass is 16.5. The smallest absolute Gasteiger partial charge is 0.272 e. The van der Waals surface area contributed by atoms with E-state index in [0.29, 0.717) is 41.5 Å². The molecule has 1 aliphatic heterocycles. The molecule has 4 aromatic rings. The fourth-order valence-electron chi connectivity index (χ4n) is 4.12. The number of amides is 1. The summed E-state index contributed by atoms with van der Waals surface area (Å²) in [6.07, 6.45) is 2.56. The maximum Gasteiger partial charge on any atom is 0.272 e. The van der Waals surface area contributed by atoms with Crippen molar-refractivity contribution in [3.63, 3.8) is 0 Å². The molecule has 156 valence electrons. The lowest BCUT2D eigenvalue weighted by atomic mass is 9.99. The van der Waals surface area contributed by atoms with E-state index >= 15 is 0 Å². The first-order chi connectivity index (χ1) is 15.7. The number of ether oxygens (including phenoxy) is 1. The molecule has 0 atom stereocenters. The topological polar surface area (TPSA) is 58.3 Å². The van der Waals surface area contributed by atoms with Gasteiger partial charge in [0.15, 0.2) is 5.75 Å². The Morgan fingerprint density at radius 3 is 2.41 bits per heavy atom. The van der Waals surface area contributed by atoms with Gasteiger partial charge in [-0.2, -0.15) is 5.26 Å². The number of carbonyl (C=O) groups is 1. The van der Waals surface area contributed by atoms with Gasteiger partial charge in [0.1, 0.15) is 17.5 Å². The summed E-state index contributed by atoms with van der Waals surface area (Å²) in [4.78, 5) is 15.4. The molecule has 0 aliphatic carbocycles. The third-order valence-corrected chi connectivity index (χ3v) is 5.72. The molecule has 32 heavy (non-hydrogen) atoms. The highest BCUT2D eigenvalue weighted by Gasteiger charge is 2.27. The molecule has 1 aromatic heterocycles. The molecular formula is C27H21N3O2. The number of aromatic nitrogens is 1. The van der Waals surface area contributed by atoms with E-state index in [-0.39, 0.29) is 5.91 Å². The van der Waals surface area contributed by atoms with Gasteiger partial charge in [-0.3, -0.25) is 4.79 Å². The van der Waals surface area contributed by atoms with Crippen molar-refractivity contribution in [3.8, 4) is 23.3 Å². The molecule has 5 rings (SSSR count). The first-order valence-electron chi connectivity index (χ1n) is 10.5. The highest BCUT2D eigenvalue weighted by Crippen LogP contribution is 2.31. The Balaban J connectivity index is 1.53. The van der Waals surface area contributed by atoms with Gasteiger partial charge in [-0.1, -0.05) is 54.6 Å². The number of hydrogen-bond donors (Lipinski definition) is 0. The standard InChI is InChI=1S/C27H21N3O2/c28-18-21-15-17-30(24-12-6-7-13-25(24)32-23-10-2-1-3-11-23)26(21)27(31)29-16-14-20-8-4-5-9-22(20)19-29/h1-13,15,17H,14,16,19H2. The Morgan fingerprint density at radius 2 is 1.59 bits per heavy atom. The lowest BCUT2D eigenvalue weighted by Gasteiger charge is -2.29. The van der Waals surface area contributed by atoms with Crippen LogP contribution in [-0.4, -0.2) is 21.9 Å². The second-order valence-electron chi connectivity index (χ2n) is 7.69. The number of hydrogen-bond acceptors (Lipinski definition) is 3. The zero-order chi connectivity index (χ0) is 21.9. The molecular weight excluding hydrogens is 398 g/mol. The molecule has 0 saturated heterocycles. The molecule has 0 radical (unpaired) electrons. The summed E-state index contributed by atoms with van der Waals surface area (Å²) in [5.74, 6) is 1.15. The van der Waals surface area contributed by atoms with Crippen LogP contribution < -0.4 is 4.74 Å². The summed E-state index contributed by atoms with van der Waals surface area (Å²) in [6.45, 7) is 1.15. The number of rotatable bonds is 4. The van der Waals surface area contributed by atoms with Crippen LogP contribution in [0, 0.1) is 11.3 Å². The average Bonchev–Trinajstić information content (AvgIpc) is 3.28. The molecule has 0 N–H and O–H groups in total. The average molecular weight is 419 g/mol. The zero-order valence-electron chi connectivity index (χ0n) is 17.4. The van der Waals surface area contributed by atoms with Crippen molar-refractivity contribution in [1.82, 2.24) is 9.47 Å². The Kier molecular flexibility index (Phi) is 5.19. The van der Waals surface area contributed by atoms with Crippen LogP contribution in [0.4, 0.5) is 0 Å². The normalized spacial score (nSPS) is 12.7. The SMILES string of the molecule is N#Cc1ccn(-c2ccccc2Oc2ccccc2)c1C(=O)N1CCc2ccccc2C1. The van der Waals surface area contributed by atoms with E-state index in [2.05, 4.69) is 18.2 Å². The van der Waals surface area contributed by atoms with Crippen LogP contribution >= 0.6 is 0 Å². The maximum absolute atomic E-state index is 13.6. The van der Waals surface area contributed by atoms with Gasteiger partial charge in [0, 0.05) is 19.3 Å². The van der Waals surface area contributed by atoms with Gasteiger partial charge in [0.25, 0.3) is 5.91 Å². The molecule has 2 heterocycles. The van der Waals surface area contributed by atoms with Gasteiger partial charge in [-0.05, 0) is 47.9 Å². The minimum absolute atomic E-state index is 0.157. The molecule has 0 fully saturated rings. The van der Waals surface area contributed by atoms with Crippen LogP contribution in [-0.2, 0) is 13.0 Å². The number of nitriles is 1. The van der Waals surface area contributed by atoms with Gasteiger partial charge in [-0.25, -0.2) is 0 Å². The number of carbonyl (C=O) groups excluding carboxylic acids is 1. The van der Waals surface area contributed by atoms with E-state index in [4.69, 9.17) is 4.74 Å². The summed E-state index contributed by atoms with van der Waals surface area (Å²) >= 11 is 0. The van der Waals surface area contributed by atoms with Crippen molar-refractivity contribution in [2.45, 2.75) is 13.0 Å². The molecule has 0 spiro atoms. The van der Waals surface area contributed by atoms with E-state index in [1.54, 1.807) is 16.8 Å². The van der Waals surface area contributed by atoms with Crippen molar-refractivity contribution in [2.24, 2.45) is 0 Å². The van der Waals surface area contributed by atoms with E-state index in [0.717, 1.165) is 12.0 Å². The minimum atomic E-state index is -0.157. The third-order valence-electron chi connectivity index (χ3n) is 5.72. The second kappa shape index (κ2) is 8.44. The van der Waals surface area contributed by atoms with Gasteiger partial charge in [0.05, 0.1) is 11.3 Å². The van der Waals surface area contributed by atoms with E-state index < -0.39 is 0 Å². The largest absolute Gasteiger partial charge is 0.455 e. The fraction of sp³-hybridized carbons (Fsp3) is 0.111. The number of para-hydroxylation sites is 3. The Labute approximate surface area is 186 Å². The van der Waals surface area contributed by atoms with Crippen LogP contribution in [0.2, 0.25) is 0 Å². The summed E-state index contributed by atoms with van der Waals surface area (Å²) in [5, 5.41) is 9.72. The Hall–Kier alpha value is -4.30. The maximum atomic E-state index is 13.6. The van der Waals surface area contributed by atoms with E-state index in [1.165, 1.54) is 5.56 Å². The van der Waals surface area contributed by atoms with Crippen molar-refractivity contribution < 1.29 is 9.53 Å². The van der Waals surface area contributed by atoms with Crippen molar-refractivity contribution in [1.29, 1.82) is 5.26 Å². The summed E-state index contributed by atoms with van der Waals surface area (Å²) in [7, 11) is 0. The monoisotopic (exact) mass is 419 g/mol. The lowest BCUT2D eigenvalue weighted by molar-refractivity contribution is 0.0726. The predicted molar refractivity (Wildman–Crippen MR) is 122 cm³/mol. The molecule has 5 heteroatoms. The second-order valence-corrected chi connectivity index (χ2v) is 7.69. The highest BCUT2D eigenvalue weighted by molar-refractivity contribution is 5.96. The van der Waals surface area contributed by atoms with Gasteiger partial charge < -0.3 is 14.2 Å². The zero-order valence-corrected chi connectivity index (χ0v) is 17.4. The van der Waals surface area contributed by atoms with Gasteiger partial charge in [0.2, 0.25) is 0 Å². The summed E-state index contributed by atoms with van der Waals surface area (Å²) < 4.78 is 7.87. The Morgan fingerprint density at radius 1 is 0.875 bits per heavy atom. The predicted octanol–water partition coefficient (Wildman–Crippen LogP) is 5.34. The van der Waals surface area contributed by atoms with Crippen molar-refractivity contribution in [2.75, 3.05) is 6.54 Å². The molecule has 1 aliphatic rings. The molecule has 0 bridgehead atoms. The number of benzene rings is 3. The van der Waals surface area contributed by atoms with E-state index in [1.807, 2.05) is 71.6 Å². The third kappa shape index (κ3) is 3.63. The quantitative estimate of drug-likeness (QED) is 0.449. The van der Waals surface area contributed by atoms with Gasteiger partial charge >= 0.3 is 0 Å². The number of fused-ring (bicyclic) bond motifs is 1. The molecule has 1 amide bonds. The molecule has 5 nitrogen and oxygen atoms in total. The molecule has 0 unspecified atom stereocenters. The van der Waals surface area contributed by atoms with E-state index in [9.17, 15) is 10.1 Å². The first kappa shape index (κ1) is 19.7. The molecule has 3 aromatic carbocycles. The van der Waals surface area contributed by atoms with Crippen molar-refractivity contribution >= 4 is 5.91 Å². The summed E-state index contributed by atoms with van der Waals surface area (Å²) in [6, 6.07) is 29.1. The van der Waals surface area contributed by atoms with Crippen molar-refractivity contribution in [3.05, 3.63) is 114 Å². The minimum Gasteiger partial charge on any atom is -0.455 e. The van der Waals surface area contributed by atoms with Crippen LogP contribution in [0.5, 0.6) is 11.5 Å². The molecule has 0 saturated carbocycles. The van der Waals surface area contributed by atoms with Crippen LogP contribution in [0.15, 0.2) is 91.1 Å².